The first-order chi connectivity index (χ1) is 6.97. The highest BCUT2D eigenvalue weighted by Crippen LogP contribution is 2.20. The molecule has 1 aromatic heterocycles. The van der Waals surface area contributed by atoms with Gasteiger partial charge in [0.25, 0.3) is 0 Å². The van der Waals surface area contributed by atoms with E-state index in [4.69, 9.17) is 0 Å². The summed E-state index contributed by atoms with van der Waals surface area (Å²) in [7, 11) is 2.12. The normalized spacial score (nSPS) is 13.5. The lowest BCUT2D eigenvalue weighted by molar-refractivity contribution is 0.361. The molecule has 1 unspecified atom stereocenters. The van der Waals surface area contributed by atoms with Crippen molar-refractivity contribution < 1.29 is 0 Å². The first kappa shape index (κ1) is 12.3. The van der Waals surface area contributed by atoms with E-state index in [1.54, 1.807) is 0 Å². The van der Waals surface area contributed by atoms with Crippen LogP contribution in [0.1, 0.15) is 44.4 Å². The third-order valence-corrected chi connectivity index (χ3v) is 3.62. The second-order valence-corrected chi connectivity index (χ2v) is 4.87. The van der Waals surface area contributed by atoms with Crippen molar-refractivity contribution in [1.82, 2.24) is 9.55 Å². The summed E-state index contributed by atoms with van der Waals surface area (Å²) in [5, 5.41) is 0. The molecule has 0 aromatic carbocycles. The van der Waals surface area contributed by atoms with Crippen LogP contribution in [0, 0.1) is 25.7 Å². The summed E-state index contributed by atoms with van der Waals surface area (Å²) < 4.78 is 2.24. The quantitative estimate of drug-likeness (QED) is 0.742. The third kappa shape index (κ3) is 2.61. The van der Waals surface area contributed by atoms with Crippen LogP contribution in [0.15, 0.2) is 0 Å². The van der Waals surface area contributed by atoms with Crippen LogP contribution in [-0.2, 0) is 13.5 Å². The van der Waals surface area contributed by atoms with E-state index in [0.29, 0.717) is 0 Å². The summed E-state index contributed by atoms with van der Waals surface area (Å²) in [4.78, 5) is 4.64. The lowest BCUT2D eigenvalue weighted by Crippen LogP contribution is -2.14. The molecule has 0 aliphatic heterocycles. The van der Waals surface area contributed by atoms with Crippen LogP contribution in [0.2, 0.25) is 0 Å². The van der Waals surface area contributed by atoms with E-state index < -0.39 is 0 Å². The fourth-order valence-electron chi connectivity index (χ4n) is 2.05. The molecule has 0 saturated carbocycles. The van der Waals surface area contributed by atoms with Crippen LogP contribution in [0.5, 0.6) is 0 Å². The molecule has 1 heterocycles. The van der Waals surface area contributed by atoms with Gasteiger partial charge in [0.15, 0.2) is 0 Å². The van der Waals surface area contributed by atoms with Crippen molar-refractivity contribution in [3.63, 3.8) is 0 Å². The maximum atomic E-state index is 4.64. The monoisotopic (exact) mass is 208 g/mol. The SMILES string of the molecule is CCC(Cc1nc(C)c(C)n1C)C(C)C. The molecule has 15 heavy (non-hydrogen) atoms. The summed E-state index contributed by atoms with van der Waals surface area (Å²) in [5.41, 5.74) is 2.47. The van der Waals surface area contributed by atoms with Crippen LogP contribution in [-0.4, -0.2) is 9.55 Å². The van der Waals surface area contributed by atoms with Crippen molar-refractivity contribution in [2.75, 3.05) is 0 Å². The van der Waals surface area contributed by atoms with Crippen molar-refractivity contribution in [3.8, 4) is 0 Å². The molecule has 2 nitrogen and oxygen atoms in total. The van der Waals surface area contributed by atoms with Gasteiger partial charge in [-0.25, -0.2) is 4.98 Å². The van der Waals surface area contributed by atoms with E-state index >= 15 is 0 Å². The Balaban J connectivity index is 2.84. The van der Waals surface area contributed by atoms with E-state index in [2.05, 4.69) is 51.2 Å². The molecule has 0 aliphatic rings. The lowest BCUT2D eigenvalue weighted by Gasteiger charge is -2.18. The number of hydrogen-bond donors (Lipinski definition) is 0. The predicted molar refractivity (Wildman–Crippen MR) is 65.0 cm³/mol. The maximum Gasteiger partial charge on any atom is 0.109 e. The highest BCUT2D eigenvalue weighted by Gasteiger charge is 2.16. The zero-order valence-corrected chi connectivity index (χ0v) is 11.0. The number of hydrogen-bond acceptors (Lipinski definition) is 1. The van der Waals surface area contributed by atoms with Gasteiger partial charge in [-0.15, -0.1) is 0 Å². The van der Waals surface area contributed by atoms with Gasteiger partial charge >= 0.3 is 0 Å². The minimum atomic E-state index is 0.743. The van der Waals surface area contributed by atoms with Gasteiger partial charge in [0.1, 0.15) is 5.82 Å². The molecule has 1 aromatic rings. The van der Waals surface area contributed by atoms with Crippen molar-refractivity contribution in [1.29, 1.82) is 0 Å². The molecule has 1 atom stereocenters. The second kappa shape index (κ2) is 4.82. The highest BCUT2D eigenvalue weighted by molar-refractivity contribution is 5.13. The van der Waals surface area contributed by atoms with Crippen LogP contribution >= 0.6 is 0 Å². The molecular weight excluding hydrogens is 184 g/mol. The van der Waals surface area contributed by atoms with Crippen molar-refractivity contribution >= 4 is 0 Å². The zero-order valence-electron chi connectivity index (χ0n) is 11.0. The standard InChI is InChI=1S/C13H24N2/c1-7-12(9(2)3)8-13-14-10(4)11(5)15(13)6/h9,12H,7-8H2,1-6H3. The molecule has 86 valence electrons. The Morgan fingerprint density at radius 2 is 1.87 bits per heavy atom. The summed E-state index contributed by atoms with van der Waals surface area (Å²) in [5.74, 6) is 2.74. The Bertz CT molecular complexity index is 324. The van der Waals surface area contributed by atoms with Gasteiger partial charge < -0.3 is 4.57 Å². The van der Waals surface area contributed by atoms with Crippen molar-refractivity contribution in [3.05, 3.63) is 17.2 Å². The van der Waals surface area contributed by atoms with Gasteiger partial charge in [-0.3, -0.25) is 0 Å². The molecule has 0 amide bonds. The molecule has 0 aliphatic carbocycles. The molecule has 0 bridgehead atoms. The first-order valence-corrected chi connectivity index (χ1v) is 5.96. The average Bonchev–Trinajstić information content (AvgIpc) is 2.42. The number of aromatic nitrogens is 2. The summed E-state index contributed by atoms with van der Waals surface area (Å²) in [6.45, 7) is 11.1. The van der Waals surface area contributed by atoms with E-state index in [-0.39, 0.29) is 0 Å². The first-order valence-electron chi connectivity index (χ1n) is 5.96. The van der Waals surface area contributed by atoms with E-state index in [1.165, 1.54) is 23.6 Å². The molecule has 2 heteroatoms. The fourth-order valence-corrected chi connectivity index (χ4v) is 2.05. The Morgan fingerprint density at radius 3 is 2.20 bits per heavy atom. The lowest BCUT2D eigenvalue weighted by atomic mass is 9.90. The third-order valence-electron chi connectivity index (χ3n) is 3.62. The Labute approximate surface area is 93.7 Å². The summed E-state index contributed by atoms with van der Waals surface area (Å²) >= 11 is 0. The number of nitrogens with zero attached hydrogens (tertiary/aromatic N) is 2. The van der Waals surface area contributed by atoms with Crippen molar-refractivity contribution in [2.45, 2.75) is 47.5 Å². The predicted octanol–water partition coefficient (Wildman–Crippen LogP) is 3.26. The maximum absolute atomic E-state index is 4.64. The van der Waals surface area contributed by atoms with Crippen LogP contribution in [0.25, 0.3) is 0 Å². The number of imidazole rings is 1. The minimum Gasteiger partial charge on any atom is -0.335 e. The van der Waals surface area contributed by atoms with Gasteiger partial charge in [-0.2, -0.15) is 0 Å². The Morgan fingerprint density at radius 1 is 1.27 bits per heavy atom. The molecular formula is C13H24N2. The van der Waals surface area contributed by atoms with E-state index in [9.17, 15) is 0 Å². The summed E-state index contributed by atoms with van der Waals surface area (Å²) in [6.07, 6.45) is 2.35. The molecule has 0 N–H and O–H groups in total. The number of rotatable bonds is 4. The van der Waals surface area contributed by atoms with E-state index in [0.717, 1.165) is 18.3 Å². The Hall–Kier alpha value is -0.790. The van der Waals surface area contributed by atoms with Gasteiger partial charge in [0.2, 0.25) is 0 Å². The largest absolute Gasteiger partial charge is 0.335 e. The fraction of sp³-hybridized carbons (Fsp3) is 0.769. The molecule has 1 rings (SSSR count). The Kier molecular flexibility index (Phi) is 3.95. The van der Waals surface area contributed by atoms with Crippen LogP contribution in [0.3, 0.4) is 0 Å². The zero-order chi connectivity index (χ0) is 11.6. The molecule has 0 saturated heterocycles. The van der Waals surface area contributed by atoms with Crippen LogP contribution in [0.4, 0.5) is 0 Å². The average molecular weight is 208 g/mol. The second-order valence-electron chi connectivity index (χ2n) is 4.87. The van der Waals surface area contributed by atoms with Crippen molar-refractivity contribution in [2.24, 2.45) is 18.9 Å². The highest BCUT2D eigenvalue weighted by atomic mass is 15.1. The minimum absolute atomic E-state index is 0.743. The van der Waals surface area contributed by atoms with Gasteiger partial charge in [-0.1, -0.05) is 27.2 Å². The van der Waals surface area contributed by atoms with Gasteiger partial charge in [0.05, 0.1) is 5.69 Å². The molecule has 0 spiro atoms. The molecule has 0 fully saturated rings. The summed E-state index contributed by atoms with van der Waals surface area (Å²) in [6, 6.07) is 0. The van der Waals surface area contributed by atoms with Gasteiger partial charge in [0, 0.05) is 19.2 Å². The molecule has 0 radical (unpaired) electrons. The van der Waals surface area contributed by atoms with E-state index in [1.807, 2.05) is 0 Å². The van der Waals surface area contributed by atoms with Gasteiger partial charge in [-0.05, 0) is 25.7 Å². The van der Waals surface area contributed by atoms with Crippen LogP contribution < -0.4 is 0 Å². The smallest absolute Gasteiger partial charge is 0.109 e. The number of aryl methyl sites for hydroxylation is 1. The topological polar surface area (TPSA) is 17.8 Å².